The molecule has 0 saturated carbocycles. The second-order valence-corrected chi connectivity index (χ2v) is 7.19. The number of benzene rings is 1. The third-order valence-electron chi connectivity index (χ3n) is 3.71. The van der Waals surface area contributed by atoms with Crippen LogP contribution in [-0.2, 0) is 14.8 Å². The molecule has 0 spiro atoms. The quantitative estimate of drug-likeness (QED) is 0.914. The summed E-state index contributed by atoms with van der Waals surface area (Å²) in [6, 6.07) is 7.31. The van der Waals surface area contributed by atoms with Crippen molar-refractivity contribution in [1.82, 2.24) is 4.98 Å². The van der Waals surface area contributed by atoms with Crippen LogP contribution < -0.4 is 9.62 Å². The summed E-state index contributed by atoms with van der Waals surface area (Å²) in [4.78, 5) is 5.95. The van der Waals surface area contributed by atoms with Gasteiger partial charge in [-0.25, -0.2) is 17.8 Å². The van der Waals surface area contributed by atoms with Crippen molar-refractivity contribution in [2.24, 2.45) is 0 Å². The number of sulfonamides is 1. The van der Waals surface area contributed by atoms with E-state index in [1.807, 2.05) is 0 Å². The van der Waals surface area contributed by atoms with E-state index in [4.69, 9.17) is 4.74 Å². The third kappa shape index (κ3) is 3.65. The predicted molar refractivity (Wildman–Crippen MR) is 89.2 cm³/mol. The van der Waals surface area contributed by atoms with Crippen LogP contribution >= 0.6 is 0 Å². The first-order valence-corrected chi connectivity index (χ1v) is 9.02. The molecule has 1 aliphatic heterocycles. The Kier molecular flexibility index (Phi) is 4.68. The Balaban J connectivity index is 1.78. The summed E-state index contributed by atoms with van der Waals surface area (Å²) in [5.41, 5.74) is 0.950. The van der Waals surface area contributed by atoms with E-state index in [1.54, 1.807) is 19.1 Å². The van der Waals surface area contributed by atoms with Crippen LogP contribution in [0.4, 0.5) is 15.9 Å². The van der Waals surface area contributed by atoms with Crippen molar-refractivity contribution in [1.29, 1.82) is 0 Å². The molecule has 3 rings (SSSR count). The zero-order chi connectivity index (χ0) is 17.2. The highest BCUT2D eigenvalue weighted by Crippen LogP contribution is 2.21. The minimum Gasteiger partial charge on any atom is -0.378 e. The van der Waals surface area contributed by atoms with E-state index in [-0.39, 0.29) is 10.6 Å². The second kappa shape index (κ2) is 6.74. The normalized spacial score (nSPS) is 15.3. The molecule has 2 aromatic rings. The molecule has 0 radical (unpaired) electrons. The molecule has 0 aliphatic carbocycles. The van der Waals surface area contributed by atoms with Gasteiger partial charge < -0.3 is 9.64 Å². The molecule has 1 aliphatic rings. The minimum absolute atomic E-state index is 0.285. The number of aryl methyl sites for hydroxylation is 1. The van der Waals surface area contributed by atoms with Crippen LogP contribution in [0.2, 0.25) is 0 Å². The standard InChI is InChI=1S/C16H18FN3O3S/c1-12-2-4-14(17)15(10-12)24(21,22)19-13-3-5-16(18-11-13)20-6-8-23-9-7-20/h2-5,10-11,19H,6-9H2,1H3. The number of anilines is 2. The molecule has 6 nitrogen and oxygen atoms in total. The maximum Gasteiger partial charge on any atom is 0.264 e. The highest BCUT2D eigenvalue weighted by atomic mass is 32.2. The summed E-state index contributed by atoms with van der Waals surface area (Å²) in [7, 11) is -4.00. The average molecular weight is 351 g/mol. The van der Waals surface area contributed by atoms with Gasteiger partial charge in [-0.05, 0) is 36.8 Å². The average Bonchev–Trinajstić information content (AvgIpc) is 2.58. The highest BCUT2D eigenvalue weighted by Gasteiger charge is 2.20. The molecule has 8 heteroatoms. The number of morpholine rings is 1. The number of ether oxygens (including phenoxy) is 1. The van der Waals surface area contributed by atoms with Gasteiger partial charge >= 0.3 is 0 Å². The Morgan fingerprint density at radius 1 is 1.21 bits per heavy atom. The largest absolute Gasteiger partial charge is 0.378 e. The third-order valence-corrected chi connectivity index (χ3v) is 5.11. The second-order valence-electron chi connectivity index (χ2n) is 5.54. The number of hydrogen-bond donors (Lipinski definition) is 1. The SMILES string of the molecule is Cc1ccc(F)c(S(=O)(=O)Nc2ccc(N3CCOCC3)nc2)c1. The van der Waals surface area contributed by atoms with Crippen molar-refractivity contribution in [2.45, 2.75) is 11.8 Å². The van der Waals surface area contributed by atoms with Crippen LogP contribution in [0.3, 0.4) is 0 Å². The topological polar surface area (TPSA) is 71.5 Å². The van der Waals surface area contributed by atoms with Gasteiger partial charge in [0, 0.05) is 13.1 Å². The summed E-state index contributed by atoms with van der Waals surface area (Å²) >= 11 is 0. The van der Waals surface area contributed by atoms with E-state index in [2.05, 4.69) is 14.6 Å². The van der Waals surface area contributed by atoms with Crippen LogP contribution in [0.1, 0.15) is 5.56 Å². The van der Waals surface area contributed by atoms with Crippen molar-refractivity contribution in [3.05, 3.63) is 47.9 Å². The van der Waals surface area contributed by atoms with Crippen LogP contribution in [0.25, 0.3) is 0 Å². The molecule has 0 atom stereocenters. The number of nitrogens with zero attached hydrogens (tertiary/aromatic N) is 2. The Labute approximate surface area is 140 Å². The Bertz CT molecular complexity index is 819. The van der Waals surface area contributed by atoms with E-state index >= 15 is 0 Å². The first-order chi connectivity index (χ1) is 11.5. The summed E-state index contributed by atoms with van der Waals surface area (Å²) in [5.74, 6) is -0.0334. The lowest BCUT2D eigenvalue weighted by Crippen LogP contribution is -2.36. The number of rotatable bonds is 4. The Hall–Kier alpha value is -2.19. The van der Waals surface area contributed by atoms with E-state index in [0.717, 1.165) is 25.0 Å². The Morgan fingerprint density at radius 3 is 2.62 bits per heavy atom. The van der Waals surface area contributed by atoms with E-state index in [9.17, 15) is 12.8 Å². The molecule has 2 heterocycles. The van der Waals surface area contributed by atoms with Gasteiger partial charge in [-0.3, -0.25) is 4.72 Å². The lowest BCUT2D eigenvalue weighted by atomic mass is 10.2. The van der Waals surface area contributed by atoms with Gasteiger partial charge in [0.2, 0.25) is 0 Å². The molecule has 1 aromatic heterocycles. The molecule has 1 aromatic carbocycles. The van der Waals surface area contributed by atoms with Crippen molar-refractivity contribution < 1.29 is 17.5 Å². The van der Waals surface area contributed by atoms with Gasteiger partial charge in [0.05, 0.1) is 25.1 Å². The van der Waals surface area contributed by atoms with E-state index in [1.165, 1.54) is 18.3 Å². The van der Waals surface area contributed by atoms with Gasteiger partial charge in [0.15, 0.2) is 0 Å². The number of aromatic nitrogens is 1. The summed E-state index contributed by atoms with van der Waals surface area (Å²) in [6.45, 7) is 4.47. The zero-order valence-corrected chi connectivity index (χ0v) is 14.0. The highest BCUT2D eigenvalue weighted by molar-refractivity contribution is 7.92. The lowest BCUT2D eigenvalue weighted by Gasteiger charge is -2.27. The fourth-order valence-corrected chi connectivity index (χ4v) is 3.66. The van der Waals surface area contributed by atoms with Crippen LogP contribution in [-0.4, -0.2) is 39.7 Å². The molecule has 24 heavy (non-hydrogen) atoms. The first kappa shape index (κ1) is 16.7. The molecule has 1 saturated heterocycles. The van der Waals surface area contributed by atoms with Crippen molar-refractivity contribution in [3.8, 4) is 0 Å². The lowest BCUT2D eigenvalue weighted by molar-refractivity contribution is 0.122. The van der Waals surface area contributed by atoms with E-state index < -0.39 is 15.8 Å². The molecule has 0 amide bonds. The summed E-state index contributed by atoms with van der Waals surface area (Å²) in [5, 5.41) is 0. The molecule has 1 N–H and O–H groups in total. The molecule has 0 unspecified atom stereocenters. The summed E-state index contributed by atoms with van der Waals surface area (Å²) < 4.78 is 46.2. The van der Waals surface area contributed by atoms with Crippen molar-refractivity contribution in [3.63, 3.8) is 0 Å². The molecular formula is C16H18FN3O3S. The number of halogens is 1. The minimum atomic E-state index is -4.00. The molecule has 128 valence electrons. The molecule has 0 bridgehead atoms. The maximum atomic E-state index is 13.8. The zero-order valence-electron chi connectivity index (χ0n) is 13.2. The number of nitrogens with one attached hydrogen (secondary N) is 1. The van der Waals surface area contributed by atoms with Gasteiger partial charge in [0.25, 0.3) is 10.0 Å². The first-order valence-electron chi connectivity index (χ1n) is 7.53. The molecule has 1 fully saturated rings. The van der Waals surface area contributed by atoms with Gasteiger partial charge in [-0.15, -0.1) is 0 Å². The van der Waals surface area contributed by atoms with Gasteiger partial charge in [-0.1, -0.05) is 6.07 Å². The predicted octanol–water partition coefficient (Wildman–Crippen LogP) is 2.17. The van der Waals surface area contributed by atoms with Crippen molar-refractivity contribution >= 4 is 21.5 Å². The smallest absolute Gasteiger partial charge is 0.264 e. The van der Waals surface area contributed by atoms with Crippen molar-refractivity contribution in [2.75, 3.05) is 35.9 Å². The van der Waals surface area contributed by atoms with E-state index in [0.29, 0.717) is 18.8 Å². The van der Waals surface area contributed by atoms with Crippen LogP contribution in [0.5, 0.6) is 0 Å². The number of pyridine rings is 1. The van der Waals surface area contributed by atoms with Crippen LogP contribution in [0, 0.1) is 12.7 Å². The van der Waals surface area contributed by atoms with Crippen LogP contribution in [0.15, 0.2) is 41.4 Å². The Morgan fingerprint density at radius 2 is 1.96 bits per heavy atom. The fourth-order valence-electron chi connectivity index (χ4n) is 2.45. The number of hydrogen-bond acceptors (Lipinski definition) is 5. The molecular weight excluding hydrogens is 333 g/mol. The van der Waals surface area contributed by atoms with Gasteiger partial charge in [-0.2, -0.15) is 0 Å². The monoisotopic (exact) mass is 351 g/mol. The fraction of sp³-hybridized carbons (Fsp3) is 0.312. The maximum absolute atomic E-state index is 13.8. The summed E-state index contributed by atoms with van der Waals surface area (Å²) in [6.07, 6.45) is 1.43. The van der Waals surface area contributed by atoms with Gasteiger partial charge in [0.1, 0.15) is 16.5 Å².